The fourth-order valence-corrected chi connectivity index (χ4v) is 3.48. The highest BCUT2D eigenvalue weighted by Gasteiger charge is 2.29. The quantitative estimate of drug-likeness (QED) is 0.401. The number of aliphatic imine (C=N–C) groups is 1. The molecule has 1 aromatic carbocycles. The van der Waals surface area contributed by atoms with Crippen molar-refractivity contribution in [1.29, 1.82) is 0 Å². The van der Waals surface area contributed by atoms with Crippen LogP contribution in [0, 0.1) is 4.77 Å². The zero-order chi connectivity index (χ0) is 26.9. The summed E-state index contributed by atoms with van der Waals surface area (Å²) in [6.45, 7) is 6.42. The number of alkyl halides is 3. The van der Waals surface area contributed by atoms with Gasteiger partial charge in [-0.2, -0.15) is 13.2 Å². The van der Waals surface area contributed by atoms with Crippen molar-refractivity contribution >= 4 is 41.5 Å². The normalized spacial score (nSPS) is 15.4. The Balaban J connectivity index is 0.000000269. The molecule has 36 heavy (non-hydrogen) atoms. The minimum atomic E-state index is -4.30. The molecule has 12 heteroatoms. The number of likely N-dealkylation sites (N-methyl/N-ethyl adjacent to an activating group) is 1. The number of rotatable bonds is 6. The topological polar surface area (TPSA) is 88.9 Å². The first-order chi connectivity index (χ1) is 16.9. The lowest BCUT2D eigenvalue weighted by Crippen LogP contribution is -2.37. The van der Waals surface area contributed by atoms with Crippen LogP contribution in [0.25, 0.3) is 11.0 Å². The second-order valence-electron chi connectivity index (χ2n) is 7.76. The van der Waals surface area contributed by atoms with Crippen molar-refractivity contribution in [2.45, 2.75) is 40.0 Å². The molecule has 1 unspecified atom stereocenters. The fourth-order valence-electron chi connectivity index (χ4n) is 3.20. The molecule has 3 rings (SSSR count). The van der Waals surface area contributed by atoms with Crippen LogP contribution in [-0.4, -0.2) is 71.2 Å². The third-order valence-corrected chi connectivity index (χ3v) is 5.45. The molecule has 0 spiro atoms. The van der Waals surface area contributed by atoms with E-state index in [4.69, 9.17) is 21.7 Å². The molecule has 8 nitrogen and oxygen atoms in total. The molecular weight excluding hydrogens is 497 g/mol. The highest BCUT2D eigenvalue weighted by atomic mass is 32.1. The fraction of sp³-hybridized carbons (Fsp3) is 0.417. The maximum Gasteiger partial charge on any atom is 0.411 e. The average Bonchev–Trinajstić information content (AvgIpc) is 3.06. The van der Waals surface area contributed by atoms with E-state index < -0.39 is 18.9 Å². The maximum atomic E-state index is 12.6. The van der Waals surface area contributed by atoms with E-state index in [2.05, 4.69) is 9.98 Å². The number of hydrogen-bond acceptors (Lipinski definition) is 6. The lowest BCUT2D eigenvalue weighted by atomic mass is 10.1. The Hall–Kier alpha value is -3.25. The van der Waals surface area contributed by atoms with Gasteiger partial charge in [-0.25, -0.2) is 9.36 Å². The monoisotopic (exact) mass is 526 g/mol. The second-order valence-corrected chi connectivity index (χ2v) is 8.15. The first-order valence-corrected chi connectivity index (χ1v) is 11.5. The van der Waals surface area contributed by atoms with Gasteiger partial charge in [0, 0.05) is 25.4 Å². The van der Waals surface area contributed by atoms with Crippen LogP contribution in [0.3, 0.4) is 0 Å². The number of imidazole rings is 1. The van der Waals surface area contributed by atoms with Gasteiger partial charge in [-0.1, -0.05) is 18.2 Å². The first-order valence-electron chi connectivity index (χ1n) is 11.1. The average molecular weight is 527 g/mol. The minimum absolute atomic E-state index is 0.171. The second kappa shape index (κ2) is 13.2. The summed E-state index contributed by atoms with van der Waals surface area (Å²) in [5.41, 5.74) is 2.93. The van der Waals surface area contributed by atoms with Gasteiger partial charge < -0.3 is 19.4 Å². The van der Waals surface area contributed by atoms with Gasteiger partial charge in [0.2, 0.25) is 0 Å². The number of hydrogen-bond donors (Lipinski definition) is 1. The molecule has 1 aliphatic heterocycles. The molecule has 0 aliphatic carbocycles. The van der Waals surface area contributed by atoms with E-state index in [1.807, 2.05) is 31.2 Å². The molecule has 2 aromatic rings. The zero-order valence-corrected chi connectivity index (χ0v) is 21.3. The van der Waals surface area contributed by atoms with Gasteiger partial charge in [-0.15, -0.1) is 0 Å². The minimum Gasteiger partial charge on any atom is -0.464 e. The molecule has 1 aliphatic rings. The Labute approximate surface area is 212 Å². The van der Waals surface area contributed by atoms with Crippen molar-refractivity contribution < 1.29 is 32.2 Å². The van der Waals surface area contributed by atoms with E-state index in [-0.39, 0.29) is 18.6 Å². The van der Waals surface area contributed by atoms with Crippen molar-refractivity contribution in [1.82, 2.24) is 14.5 Å². The van der Waals surface area contributed by atoms with Gasteiger partial charge in [-0.3, -0.25) is 9.79 Å². The van der Waals surface area contributed by atoms with E-state index in [0.717, 1.165) is 11.0 Å². The number of allylic oxidation sites excluding steroid dienone is 2. The summed E-state index contributed by atoms with van der Waals surface area (Å²) in [4.78, 5) is 32.0. The number of benzene rings is 1. The van der Waals surface area contributed by atoms with Crippen LogP contribution in [0.4, 0.5) is 18.0 Å². The van der Waals surface area contributed by atoms with Gasteiger partial charge in [0.05, 0.1) is 23.7 Å². The zero-order valence-electron chi connectivity index (χ0n) is 20.5. The van der Waals surface area contributed by atoms with Crippen molar-refractivity contribution in [2.75, 3.05) is 26.3 Å². The summed E-state index contributed by atoms with van der Waals surface area (Å²) < 4.78 is 47.3. The third-order valence-electron chi connectivity index (χ3n) is 5.16. The number of carbonyl (C=O) groups excluding carboxylic acids is 2. The molecule has 2 heterocycles. The number of aromatic nitrogens is 2. The van der Waals surface area contributed by atoms with E-state index in [1.54, 1.807) is 30.9 Å². The van der Waals surface area contributed by atoms with Crippen LogP contribution in [-0.2, 0) is 14.3 Å². The molecule has 1 amide bonds. The molecular formula is C24H29F3N4O4S. The molecule has 0 radical (unpaired) electrons. The van der Waals surface area contributed by atoms with E-state index in [1.165, 1.54) is 17.7 Å². The van der Waals surface area contributed by atoms with Crippen molar-refractivity contribution in [3.63, 3.8) is 0 Å². The number of amides is 1. The number of nitrogens with one attached hydrogen (secondary N) is 1. The molecule has 0 saturated carbocycles. The van der Waals surface area contributed by atoms with Crippen molar-refractivity contribution in [2.24, 2.45) is 4.99 Å². The number of nitrogens with zero attached hydrogens (tertiary/aromatic N) is 3. The molecule has 0 bridgehead atoms. The van der Waals surface area contributed by atoms with Gasteiger partial charge in [0.1, 0.15) is 13.2 Å². The number of carbonyl (C=O) groups is 2. The lowest BCUT2D eigenvalue weighted by Gasteiger charge is -2.20. The van der Waals surface area contributed by atoms with Gasteiger partial charge in [-0.05, 0) is 56.8 Å². The summed E-state index contributed by atoms with van der Waals surface area (Å²) >= 11 is 5.22. The van der Waals surface area contributed by atoms with Crippen molar-refractivity contribution in [3.05, 3.63) is 52.5 Å². The van der Waals surface area contributed by atoms with Gasteiger partial charge in [0.25, 0.3) is 0 Å². The Morgan fingerprint density at radius 2 is 1.94 bits per heavy atom. The number of esters is 1. The Morgan fingerprint density at radius 1 is 1.25 bits per heavy atom. The Morgan fingerprint density at radius 3 is 2.58 bits per heavy atom. The molecule has 0 saturated heterocycles. The predicted octanol–water partition coefficient (Wildman–Crippen LogP) is 5.42. The van der Waals surface area contributed by atoms with E-state index in [0.29, 0.717) is 29.1 Å². The SMILES string of the molecule is CC1=C(C)C(OCC(F)(F)F)C=CC=N1.CCN(CCOC(C)=O)C(=O)n1c(=S)[nH]c2ccccc21. The maximum absolute atomic E-state index is 12.6. The molecule has 1 N–H and O–H groups in total. The number of ether oxygens (including phenoxy) is 2. The Kier molecular flexibility index (Phi) is 10.6. The molecule has 1 aromatic heterocycles. The van der Waals surface area contributed by atoms with Crippen molar-refractivity contribution in [3.8, 4) is 0 Å². The number of fused-ring (bicyclic) bond motifs is 1. The van der Waals surface area contributed by atoms with Crippen LogP contribution >= 0.6 is 12.2 Å². The standard InChI is InChI=1S/C14H17N3O3S.C10H12F3NO/c1-3-16(8-9-20-10(2)18)14(19)17-12-7-5-4-6-11(12)15-13(17)21;1-7-8(2)14-5-3-4-9(7)15-6-10(11,12)13/h4-7H,3,8-9H2,1-2H3,(H,15,21);3-5,9H,6H2,1-2H3. The summed E-state index contributed by atoms with van der Waals surface area (Å²) in [6.07, 6.45) is -0.262. The highest BCUT2D eigenvalue weighted by molar-refractivity contribution is 7.71. The predicted molar refractivity (Wildman–Crippen MR) is 134 cm³/mol. The van der Waals surface area contributed by atoms with Crippen LogP contribution in [0.5, 0.6) is 0 Å². The first kappa shape index (κ1) is 29.0. The highest BCUT2D eigenvalue weighted by Crippen LogP contribution is 2.21. The number of halogens is 3. The Bertz CT molecular complexity index is 1210. The largest absolute Gasteiger partial charge is 0.464 e. The van der Waals surface area contributed by atoms with E-state index in [9.17, 15) is 22.8 Å². The van der Waals surface area contributed by atoms with Gasteiger partial charge in [0.15, 0.2) is 4.77 Å². The number of aromatic amines is 1. The third kappa shape index (κ3) is 8.45. The summed E-state index contributed by atoms with van der Waals surface area (Å²) in [5.74, 6) is -0.359. The van der Waals surface area contributed by atoms with Crippen LogP contribution in [0.1, 0.15) is 27.7 Å². The smallest absolute Gasteiger partial charge is 0.411 e. The summed E-state index contributed by atoms with van der Waals surface area (Å²) in [6, 6.07) is 7.20. The van der Waals surface area contributed by atoms with Crippen LogP contribution in [0.2, 0.25) is 0 Å². The number of para-hydroxylation sites is 2. The number of H-pyrrole nitrogens is 1. The van der Waals surface area contributed by atoms with Crippen LogP contribution in [0.15, 0.2) is 52.7 Å². The summed E-state index contributed by atoms with van der Waals surface area (Å²) in [7, 11) is 0. The molecule has 196 valence electrons. The van der Waals surface area contributed by atoms with E-state index >= 15 is 0 Å². The molecule has 1 atom stereocenters. The molecule has 0 fully saturated rings. The van der Waals surface area contributed by atoms with Gasteiger partial charge >= 0.3 is 18.2 Å². The lowest BCUT2D eigenvalue weighted by molar-refractivity contribution is -0.177. The van der Waals surface area contributed by atoms with Crippen LogP contribution < -0.4 is 0 Å². The summed E-state index contributed by atoms with van der Waals surface area (Å²) in [5, 5.41) is 0.